The summed E-state index contributed by atoms with van der Waals surface area (Å²) in [7, 11) is 0. The van der Waals surface area contributed by atoms with Crippen LogP contribution in [0.1, 0.15) is 66.2 Å². The minimum Gasteiger partial charge on any atom is -0.480 e. The average Bonchev–Trinajstić information content (AvgIpc) is 3.54. The number of amides is 1. The van der Waals surface area contributed by atoms with E-state index in [1.807, 2.05) is 42.5 Å². The number of rotatable bonds is 6. The van der Waals surface area contributed by atoms with Crippen molar-refractivity contribution in [1.29, 1.82) is 0 Å². The number of carboxylic acids is 1. The van der Waals surface area contributed by atoms with Gasteiger partial charge in [-0.15, -0.1) is 22.7 Å². The fourth-order valence-corrected chi connectivity index (χ4v) is 10.5. The molecule has 218 valence electrons. The first-order valence-corrected chi connectivity index (χ1v) is 17.4. The van der Waals surface area contributed by atoms with Crippen LogP contribution in [0.25, 0.3) is 20.4 Å². The number of hydrogen-bond donors (Lipinski definition) is 1. The number of carboxylic acid groups (broad SMARTS) is 1. The summed E-state index contributed by atoms with van der Waals surface area (Å²) < 4.78 is 2.77. The minimum atomic E-state index is -0.839. The number of likely N-dealkylation sites (tertiary alicyclic amines) is 1. The predicted octanol–water partition coefficient (Wildman–Crippen LogP) is 8.60. The second kappa shape index (κ2) is 12.6. The number of fused-ring (bicyclic) bond motifs is 3. The summed E-state index contributed by atoms with van der Waals surface area (Å²) >= 11 is 6.14. The number of benzene rings is 2. The second-order valence-corrected chi connectivity index (χ2v) is 17.5. The summed E-state index contributed by atoms with van der Waals surface area (Å²) in [6, 6.07) is 16.5. The molecular weight excluding hydrogens is 591 g/mol. The van der Waals surface area contributed by atoms with Gasteiger partial charge in [-0.3, -0.25) is 9.59 Å². The summed E-state index contributed by atoms with van der Waals surface area (Å²) in [6.07, 6.45) is 7.58. The van der Waals surface area contributed by atoms with Crippen LogP contribution < -0.4 is 0 Å². The van der Waals surface area contributed by atoms with Crippen LogP contribution in [0.3, 0.4) is 0 Å². The van der Waals surface area contributed by atoms with Gasteiger partial charge in [-0.05, 0) is 83.6 Å². The Kier molecular flexibility index (Phi) is 9.33. The molecule has 1 amide bonds. The highest BCUT2D eigenvalue weighted by molar-refractivity contribution is 8.03. The Labute approximate surface area is 258 Å². The molecule has 1 N–H and O–H groups in total. The number of thioether (sulfide) groups is 2. The lowest BCUT2D eigenvalue weighted by atomic mass is 9.78. The Hall–Kier alpha value is -2.14. The number of carbonyl (C=O) groups excluding carboxylic acids is 1. The average molecular weight is 628 g/mol. The molecule has 2 atom stereocenters. The number of thiazole rings is 2. The lowest BCUT2D eigenvalue weighted by Gasteiger charge is -2.46. The Morgan fingerprint density at radius 1 is 0.805 bits per heavy atom. The quantitative estimate of drug-likeness (QED) is 0.214. The van der Waals surface area contributed by atoms with Crippen LogP contribution in [0.15, 0.2) is 57.2 Å². The molecule has 2 aromatic heterocycles. The van der Waals surface area contributed by atoms with Crippen molar-refractivity contribution in [2.24, 2.45) is 5.92 Å². The number of hydrogen-bond acceptors (Lipinski definition) is 8. The van der Waals surface area contributed by atoms with Gasteiger partial charge in [-0.2, -0.15) is 0 Å². The molecule has 2 aliphatic rings. The van der Waals surface area contributed by atoms with E-state index < -0.39 is 15.5 Å². The fraction of sp³-hybridized carbons (Fsp3) is 0.484. The van der Waals surface area contributed by atoms with Gasteiger partial charge in [-0.25, -0.2) is 9.97 Å². The maximum absolute atomic E-state index is 13.4. The van der Waals surface area contributed by atoms with Gasteiger partial charge in [0, 0.05) is 12.6 Å². The van der Waals surface area contributed by atoms with Gasteiger partial charge in [0.2, 0.25) is 5.91 Å². The van der Waals surface area contributed by atoms with Gasteiger partial charge >= 0.3 is 5.97 Å². The maximum Gasteiger partial charge on any atom is 0.319 e. The molecule has 0 bridgehead atoms. The van der Waals surface area contributed by atoms with Gasteiger partial charge < -0.3 is 10.0 Å². The van der Waals surface area contributed by atoms with E-state index in [1.54, 1.807) is 36.9 Å². The molecule has 1 saturated heterocycles. The van der Waals surface area contributed by atoms with Crippen molar-refractivity contribution in [3.63, 3.8) is 0 Å². The van der Waals surface area contributed by atoms with E-state index >= 15 is 0 Å². The lowest BCUT2D eigenvalue weighted by molar-refractivity contribution is -0.140. The van der Waals surface area contributed by atoms with E-state index in [4.69, 9.17) is 10.1 Å². The first kappa shape index (κ1) is 30.3. The normalized spacial score (nSPS) is 19.5. The number of piperidine rings is 1. The zero-order valence-electron chi connectivity index (χ0n) is 24.0. The number of carbonyl (C=O) groups is 2. The van der Waals surface area contributed by atoms with E-state index in [9.17, 15) is 9.59 Å². The van der Waals surface area contributed by atoms with Crippen molar-refractivity contribution in [2.75, 3.05) is 6.54 Å². The van der Waals surface area contributed by atoms with Gasteiger partial charge in [0.05, 0.1) is 25.2 Å². The van der Waals surface area contributed by atoms with Crippen molar-refractivity contribution in [3.05, 3.63) is 48.5 Å². The number of nitrogens with zero attached hydrogens (tertiary/aromatic N) is 3. The molecule has 10 heteroatoms. The van der Waals surface area contributed by atoms with Crippen LogP contribution in [0.5, 0.6) is 0 Å². The Balaban J connectivity index is 0.000000182. The monoisotopic (exact) mass is 627 g/mol. The third kappa shape index (κ3) is 7.09. The van der Waals surface area contributed by atoms with Crippen LogP contribution in [-0.2, 0) is 9.59 Å². The molecule has 1 aliphatic carbocycles. The molecule has 2 aromatic carbocycles. The summed E-state index contributed by atoms with van der Waals surface area (Å²) in [5, 5.41) is 9.03. The second-order valence-electron chi connectivity index (χ2n) is 11.7. The summed E-state index contributed by atoms with van der Waals surface area (Å²) in [5.74, 6) is 0.208. The van der Waals surface area contributed by atoms with Gasteiger partial charge in [-0.1, -0.05) is 60.6 Å². The van der Waals surface area contributed by atoms with Crippen LogP contribution >= 0.6 is 46.2 Å². The Morgan fingerprint density at radius 3 is 1.88 bits per heavy atom. The Bertz CT molecular complexity index is 1460. The van der Waals surface area contributed by atoms with Crippen molar-refractivity contribution in [1.82, 2.24) is 14.9 Å². The molecule has 2 fully saturated rings. The molecule has 0 radical (unpaired) electrons. The zero-order valence-corrected chi connectivity index (χ0v) is 27.2. The molecule has 4 aromatic rings. The van der Waals surface area contributed by atoms with Gasteiger partial charge in [0.25, 0.3) is 0 Å². The molecule has 1 aliphatic heterocycles. The van der Waals surface area contributed by atoms with Crippen LogP contribution in [0.4, 0.5) is 0 Å². The highest BCUT2D eigenvalue weighted by Gasteiger charge is 2.42. The third-order valence-corrected chi connectivity index (χ3v) is 12.3. The number of aliphatic carboxylic acids is 1. The SMILES string of the molecule is CC(C)(Sc1nc2ccccc2s1)C(=O)N1CCCC2CCCCC21.CC(C)(Sc1nc2ccccc2s1)C(=O)O. The highest BCUT2D eigenvalue weighted by atomic mass is 32.2. The van der Waals surface area contributed by atoms with Crippen LogP contribution in [0.2, 0.25) is 0 Å². The molecular formula is C31H37N3O3S4. The summed E-state index contributed by atoms with van der Waals surface area (Å²) in [6.45, 7) is 8.44. The molecule has 3 heterocycles. The number of aromatic nitrogens is 2. The topological polar surface area (TPSA) is 83.4 Å². The predicted molar refractivity (Wildman–Crippen MR) is 173 cm³/mol. The molecule has 0 spiro atoms. The van der Waals surface area contributed by atoms with Crippen LogP contribution in [0, 0.1) is 5.92 Å². The van der Waals surface area contributed by atoms with E-state index in [1.165, 1.54) is 59.9 Å². The minimum absolute atomic E-state index is 0.299. The van der Waals surface area contributed by atoms with Crippen molar-refractivity contribution in [3.8, 4) is 0 Å². The molecule has 1 saturated carbocycles. The van der Waals surface area contributed by atoms with E-state index in [0.717, 1.165) is 43.3 Å². The largest absolute Gasteiger partial charge is 0.480 e. The van der Waals surface area contributed by atoms with Gasteiger partial charge in [0.15, 0.2) is 8.68 Å². The highest BCUT2D eigenvalue weighted by Crippen LogP contribution is 2.42. The van der Waals surface area contributed by atoms with Crippen molar-refractivity contribution in [2.45, 2.75) is 90.4 Å². The standard InChI is InChI=1S/C20H26N2OS2.C11H11NO2S2/c1-20(2,25-19-21-15-10-4-6-12-17(15)24-19)18(23)22-13-7-9-14-8-3-5-11-16(14)22;1-11(2,9(13)14)16-10-12-7-5-3-4-6-8(7)15-10/h4,6,10,12,14,16H,3,5,7-9,11,13H2,1-2H3;3-6H,1-2H3,(H,13,14). The Morgan fingerprint density at radius 2 is 1.32 bits per heavy atom. The van der Waals surface area contributed by atoms with E-state index in [2.05, 4.69) is 29.8 Å². The summed E-state index contributed by atoms with van der Waals surface area (Å²) in [5.41, 5.74) is 1.96. The smallest absolute Gasteiger partial charge is 0.319 e. The molecule has 6 rings (SSSR count). The lowest BCUT2D eigenvalue weighted by Crippen LogP contribution is -2.54. The fourth-order valence-electron chi connectivity index (χ4n) is 5.54. The first-order chi connectivity index (χ1) is 19.5. The van der Waals surface area contributed by atoms with Crippen molar-refractivity contribution < 1.29 is 14.7 Å². The van der Waals surface area contributed by atoms with E-state index in [0.29, 0.717) is 11.9 Å². The molecule has 41 heavy (non-hydrogen) atoms. The van der Waals surface area contributed by atoms with Gasteiger partial charge in [0.1, 0.15) is 4.75 Å². The van der Waals surface area contributed by atoms with Crippen LogP contribution in [-0.4, -0.2) is 53.9 Å². The third-order valence-electron chi connectivity index (χ3n) is 7.77. The first-order valence-electron chi connectivity index (χ1n) is 14.2. The maximum atomic E-state index is 13.4. The molecule has 2 unspecified atom stereocenters. The molecule has 6 nitrogen and oxygen atoms in total. The van der Waals surface area contributed by atoms with Crippen molar-refractivity contribution >= 4 is 78.5 Å². The van der Waals surface area contributed by atoms with E-state index in [-0.39, 0.29) is 0 Å². The number of para-hydroxylation sites is 2. The summed E-state index contributed by atoms with van der Waals surface area (Å²) in [4.78, 5) is 35.7. The zero-order chi connectivity index (χ0) is 29.2.